The normalized spacial score (nSPS) is 16.6. The molecule has 2 aliphatic rings. The molecule has 27 heavy (non-hydrogen) atoms. The minimum atomic E-state index is -0.401. The molecular formula is C20H17FN2O3S. The number of carbonyl (C=O) groups is 3. The number of nitrogens with zero attached hydrogens (tertiary/aromatic N) is 2. The molecule has 0 N–H and O–H groups in total. The third-order valence-corrected chi connectivity index (χ3v) is 5.63. The van der Waals surface area contributed by atoms with Crippen molar-refractivity contribution in [2.75, 3.05) is 17.2 Å². The second kappa shape index (κ2) is 7.15. The van der Waals surface area contributed by atoms with Crippen molar-refractivity contribution >= 4 is 34.5 Å². The third kappa shape index (κ3) is 3.35. The van der Waals surface area contributed by atoms with E-state index in [9.17, 15) is 18.8 Å². The van der Waals surface area contributed by atoms with Crippen molar-refractivity contribution in [2.45, 2.75) is 19.4 Å². The average molecular weight is 384 g/mol. The van der Waals surface area contributed by atoms with E-state index in [0.29, 0.717) is 23.4 Å². The van der Waals surface area contributed by atoms with E-state index in [1.165, 1.54) is 15.9 Å². The summed E-state index contributed by atoms with van der Waals surface area (Å²) in [5, 5.41) is -0.274. The lowest BCUT2D eigenvalue weighted by atomic mass is 10.00. The largest absolute Gasteiger partial charge is 0.305 e. The van der Waals surface area contributed by atoms with Crippen LogP contribution in [0.3, 0.4) is 0 Å². The number of amides is 3. The fraction of sp³-hybridized carbons (Fsp3) is 0.250. The lowest BCUT2D eigenvalue weighted by Gasteiger charge is -2.30. The number of thioether (sulfide) groups is 1. The number of rotatable bonds is 3. The van der Waals surface area contributed by atoms with Gasteiger partial charge in [0.15, 0.2) is 0 Å². The topological polar surface area (TPSA) is 57.7 Å². The van der Waals surface area contributed by atoms with Crippen LogP contribution >= 0.6 is 11.8 Å². The minimum Gasteiger partial charge on any atom is -0.305 e. The summed E-state index contributed by atoms with van der Waals surface area (Å²) in [6.07, 6.45) is 1.52. The summed E-state index contributed by atoms with van der Waals surface area (Å²) >= 11 is 0.980. The van der Waals surface area contributed by atoms with Gasteiger partial charge in [0.2, 0.25) is 5.91 Å². The third-order valence-electron chi connectivity index (χ3n) is 4.77. The summed E-state index contributed by atoms with van der Waals surface area (Å²) in [5.41, 5.74) is 2.28. The van der Waals surface area contributed by atoms with E-state index >= 15 is 0 Å². The molecule has 0 spiro atoms. The predicted octanol–water partition coefficient (Wildman–Crippen LogP) is 3.61. The summed E-state index contributed by atoms with van der Waals surface area (Å²) in [4.78, 5) is 39.3. The van der Waals surface area contributed by atoms with Gasteiger partial charge in [-0.05, 0) is 42.2 Å². The number of benzene rings is 2. The van der Waals surface area contributed by atoms with Crippen LogP contribution in [0.4, 0.5) is 14.9 Å². The molecule has 2 heterocycles. The van der Waals surface area contributed by atoms with Gasteiger partial charge < -0.3 is 4.90 Å². The Kier molecular flexibility index (Phi) is 4.70. The maximum atomic E-state index is 14.4. The van der Waals surface area contributed by atoms with Crippen molar-refractivity contribution in [3.63, 3.8) is 0 Å². The summed E-state index contributed by atoms with van der Waals surface area (Å²) in [6.45, 7) is 0.591. The van der Waals surface area contributed by atoms with Gasteiger partial charge in [0.05, 0.1) is 18.0 Å². The molecule has 138 valence electrons. The molecule has 0 radical (unpaired) electrons. The highest BCUT2D eigenvalue weighted by molar-refractivity contribution is 8.14. The molecule has 7 heteroatoms. The number of fused-ring (bicyclic) bond motifs is 1. The van der Waals surface area contributed by atoms with Gasteiger partial charge in [-0.2, -0.15) is 0 Å². The van der Waals surface area contributed by atoms with E-state index in [1.54, 1.807) is 30.3 Å². The van der Waals surface area contributed by atoms with Gasteiger partial charge in [0.25, 0.3) is 11.1 Å². The van der Waals surface area contributed by atoms with Gasteiger partial charge in [0, 0.05) is 12.1 Å². The van der Waals surface area contributed by atoms with Crippen LogP contribution in [-0.2, 0) is 17.8 Å². The molecule has 2 aromatic carbocycles. The first kappa shape index (κ1) is 17.7. The van der Waals surface area contributed by atoms with E-state index in [1.807, 2.05) is 6.07 Å². The monoisotopic (exact) mass is 384 g/mol. The second-order valence-corrected chi connectivity index (χ2v) is 7.47. The van der Waals surface area contributed by atoms with E-state index in [4.69, 9.17) is 0 Å². The molecule has 3 amide bonds. The van der Waals surface area contributed by atoms with Crippen molar-refractivity contribution in [3.05, 3.63) is 65.0 Å². The van der Waals surface area contributed by atoms with Crippen LogP contribution < -0.4 is 4.90 Å². The standard InChI is InChI=1S/C20H17FN2O3S/c21-16-8-2-5-14-7-3-9-22(18(14)16)19(25)15-6-1-4-13(10-15)11-23-17(24)12-27-20(23)26/h1-2,4-6,8,10H,3,7,9,11-12H2. The Morgan fingerprint density at radius 1 is 1.15 bits per heavy atom. The number of halogens is 1. The number of para-hydroxylation sites is 1. The molecule has 0 unspecified atom stereocenters. The molecule has 2 aromatic rings. The quantitative estimate of drug-likeness (QED) is 0.811. The van der Waals surface area contributed by atoms with E-state index in [2.05, 4.69) is 0 Å². The Balaban J connectivity index is 1.61. The number of hydrogen-bond acceptors (Lipinski definition) is 4. The first-order valence-corrected chi connectivity index (χ1v) is 9.68. The lowest BCUT2D eigenvalue weighted by Crippen LogP contribution is -2.36. The Morgan fingerprint density at radius 3 is 2.74 bits per heavy atom. The Hall–Kier alpha value is -2.67. The Labute approximate surface area is 160 Å². The van der Waals surface area contributed by atoms with E-state index in [0.717, 1.165) is 30.2 Å². The van der Waals surface area contributed by atoms with Crippen molar-refractivity contribution < 1.29 is 18.8 Å². The zero-order chi connectivity index (χ0) is 19.0. The van der Waals surface area contributed by atoms with Crippen molar-refractivity contribution in [3.8, 4) is 0 Å². The zero-order valence-corrected chi connectivity index (χ0v) is 15.3. The highest BCUT2D eigenvalue weighted by Gasteiger charge is 2.30. The second-order valence-electron chi connectivity index (χ2n) is 6.54. The molecule has 1 fully saturated rings. The molecule has 2 aliphatic heterocycles. The number of carbonyl (C=O) groups excluding carboxylic acids is 3. The highest BCUT2D eigenvalue weighted by atomic mass is 32.2. The molecule has 0 aliphatic carbocycles. The Morgan fingerprint density at radius 2 is 1.96 bits per heavy atom. The van der Waals surface area contributed by atoms with Crippen molar-refractivity contribution in [2.24, 2.45) is 0 Å². The predicted molar refractivity (Wildman–Crippen MR) is 101 cm³/mol. The smallest absolute Gasteiger partial charge is 0.289 e. The van der Waals surface area contributed by atoms with Crippen molar-refractivity contribution in [1.82, 2.24) is 4.90 Å². The summed E-state index contributed by atoms with van der Waals surface area (Å²) in [7, 11) is 0. The van der Waals surface area contributed by atoms with Gasteiger partial charge in [-0.25, -0.2) is 4.39 Å². The molecule has 0 aromatic heterocycles. The molecule has 0 saturated carbocycles. The summed E-state index contributed by atoms with van der Waals surface area (Å²) in [6, 6.07) is 11.7. The van der Waals surface area contributed by atoms with Crippen LogP contribution in [0, 0.1) is 5.82 Å². The molecule has 0 atom stereocenters. The lowest BCUT2D eigenvalue weighted by molar-refractivity contribution is -0.125. The van der Waals surface area contributed by atoms with Gasteiger partial charge >= 0.3 is 0 Å². The van der Waals surface area contributed by atoms with E-state index < -0.39 is 5.82 Å². The number of aryl methyl sites for hydroxylation is 1. The molecule has 4 rings (SSSR count). The van der Waals surface area contributed by atoms with Gasteiger partial charge in [0.1, 0.15) is 5.82 Å². The summed E-state index contributed by atoms with van der Waals surface area (Å²) < 4.78 is 14.4. The van der Waals surface area contributed by atoms with Crippen LogP contribution in [0.1, 0.15) is 27.9 Å². The van der Waals surface area contributed by atoms with E-state index in [-0.39, 0.29) is 29.4 Å². The maximum Gasteiger partial charge on any atom is 0.289 e. The molecule has 0 bridgehead atoms. The SMILES string of the molecule is O=C1CSC(=O)N1Cc1cccc(C(=O)N2CCCc3cccc(F)c32)c1. The van der Waals surface area contributed by atoms with Gasteiger partial charge in [-0.15, -0.1) is 0 Å². The van der Waals surface area contributed by atoms with Gasteiger partial charge in [-0.1, -0.05) is 36.0 Å². The van der Waals surface area contributed by atoms with Gasteiger partial charge in [-0.3, -0.25) is 19.3 Å². The fourth-order valence-corrected chi connectivity index (χ4v) is 4.21. The number of imide groups is 1. The van der Waals surface area contributed by atoms with Crippen LogP contribution in [0.15, 0.2) is 42.5 Å². The van der Waals surface area contributed by atoms with Crippen LogP contribution in [-0.4, -0.2) is 34.3 Å². The molecule has 1 saturated heterocycles. The zero-order valence-electron chi connectivity index (χ0n) is 14.5. The first-order valence-electron chi connectivity index (χ1n) is 8.70. The molecular weight excluding hydrogens is 367 g/mol. The first-order chi connectivity index (χ1) is 13.0. The van der Waals surface area contributed by atoms with Crippen molar-refractivity contribution in [1.29, 1.82) is 0 Å². The summed E-state index contributed by atoms with van der Waals surface area (Å²) in [5.74, 6) is -0.756. The minimum absolute atomic E-state index is 0.136. The maximum absolute atomic E-state index is 14.4. The Bertz CT molecular complexity index is 931. The number of anilines is 1. The average Bonchev–Trinajstić information content (AvgIpc) is 2.99. The van der Waals surface area contributed by atoms with Crippen LogP contribution in [0.2, 0.25) is 0 Å². The highest BCUT2D eigenvalue weighted by Crippen LogP contribution is 2.31. The van der Waals surface area contributed by atoms with Crippen LogP contribution in [0.5, 0.6) is 0 Å². The fourth-order valence-electron chi connectivity index (χ4n) is 3.48. The number of hydrogen-bond donors (Lipinski definition) is 0. The van der Waals surface area contributed by atoms with Crippen LogP contribution in [0.25, 0.3) is 0 Å². The molecule has 5 nitrogen and oxygen atoms in total.